The van der Waals surface area contributed by atoms with Crippen LogP contribution in [0.15, 0.2) is 18.3 Å². The van der Waals surface area contributed by atoms with Gasteiger partial charge in [-0.3, -0.25) is 4.79 Å². The Morgan fingerprint density at radius 3 is 2.73 bits per heavy atom. The van der Waals surface area contributed by atoms with E-state index in [-0.39, 0.29) is 11.9 Å². The van der Waals surface area contributed by atoms with Crippen LogP contribution < -0.4 is 5.32 Å². The number of amides is 1. The fraction of sp³-hybridized carbons (Fsp3) is 0.455. The summed E-state index contributed by atoms with van der Waals surface area (Å²) in [6.45, 7) is 3.82. The third kappa shape index (κ3) is 3.23. The number of anilines is 1. The minimum atomic E-state index is -0.255. The zero-order chi connectivity index (χ0) is 11.4. The van der Waals surface area contributed by atoms with Crippen molar-refractivity contribution in [2.75, 3.05) is 19.4 Å². The van der Waals surface area contributed by atoms with Crippen LogP contribution in [0.4, 0.5) is 5.82 Å². The predicted molar refractivity (Wildman–Crippen MR) is 60.8 cm³/mol. The van der Waals surface area contributed by atoms with E-state index in [1.54, 1.807) is 25.2 Å². The number of hydrogen-bond acceptors (Lipinski definition) is 3. The number of pyridine rings is 1. The smallest absolute Gasteiger partial charge is 0.244 e. The molecule has 0 aliphatic carbocycles. The molecule has 1 heterocycles. The summed E-state index contributed by atoms with van der Waals surface area (Å²) in [5, 5.41) is 3.06. The Balaban J connectivity index is 2.66. The summed E-state index contributed by atoms with van der Waals surface area (Å²) in [7, 11) is 3.48. The van der Waals surface area contributed by atoms with Crippen molar-refractivity contribution in [2.45, 2.75) is 19.9 Å². The van der Waals surface area contributed by atoms with E-state index in [9.17, 15) is 4.79 Å². The first-order valence-electron chi connectivity index (χ1n) is 4.91. The predicted octanol–water partition coefficient (Wildman–Crippen LogP) is 1.28. The Morgan fingerprint density at radius 2 is 2.20 bits per heavy atom. The van der Waals surface area contributed by atoms with Gasteiger partial charge in [0.15, 0.2) is 0 Å². The van der Waals surface area contributed by atoms with Crippen LogP contribution in [0.25, 0.3) is 0 Å². The molecule has 1 aromatic rings. The van der Waals surface area contributed by atoms with Gasteiger partial charge in [0.25, 0.3) is 0 Å². The molecule has 0 saturated heterocycles. The van der Waals surface area contributed by atoms with Gasteiger partial charge in [-0.15, -0.1) is 0 Å². The molecule has 82 valence electrons. The number of rotatable bonds is 3. The van der Waals surface area contributed by atoms with Crippen LogP contribution in [-0.2, 0) is 4.79 Å². The van der Waals surface area contributed by atoms with Crippen LogP contribution in [0.3, 0.4) is 0 Å². The summed E-state index contributed by atoms with van der Waals surface area (Å²) >= 11 is 0. The van der Waals surface area contributed by atoms with Crippen LogP contribution in [0, 0.1) is 6.92 Å². The van der Waals surface area contributed by atoms with Crippen molar-refractivity contribution in [3.8, 4) is 0 Å². The van der Waals surface area contributed by atoms with E-state index in [1.165, 1.54) is 0 Å². The van der Waals surface area contributed by atoms with Gasteiger partial charge in [-0.05, 0) is 31.5 Å². The van der Waals surface area contributed by atoms with E-state index >= 15 is 0 Å². The van der Waals surface area contributed by atoms with E-state index in [0.717, 1.165) is 11.4 Å². The molecule has 0 spiro atoms. The van der Waals surface area contributed by atoms with Crippen molar-refractivity contribution in [3.05, 3.63) is 23.9 Å². The molecule has 0 aliphatic heterocycles. The lowest BCUT2D eigenvalue weighted by atomic mass is 10.2. The monoisotopic (exact) mass is 207 g/mol. The zero-order valence-corrected chi connectivity index (χ0v) is 9.61. The van der Waals surface area contributed by atoms with Gasteiger partial charge in [-0.1, -0.05) is 0 Å². The second kappa shape index (κ2) is 4.77. The average molecular weight is 207 g/mol. The van der Waals surface area contributed by atoms with Crippen LogP contribution in [-0.4, -0.2) is 35.9 Å². The number of aryl methyl sites for hydroxylation is 1. The summed E-state index contributed by atoms with van der Waals surface area (Å²) in [5.74, 6) is 0.774. The molecule has 1 atom stereocenters. The Kier molecular flexibility index (Phi) is 3.66. The summed E-state index contributed by atoms with van der Waals surface area (Å²) < 4.78 is 0. The molecule has 1 rings (SSSR count). The molecule has 4 heteroatoms. The Bertz CT molecular complexity index is 349. The molecule has 0 fully saturated rings. The first-order valence-corrected chi connectivity index (χ1v) is 4.91. The van der Waals surface area contributed by atoms with Gasteiger partial charge in [0.2, 0.25) is 5.91 Å². The Morgan fingerprint density at radius 1 is 1.53 bits per heavy atom. The summed E-state index contributed by atoms with van der Waals surface area (Å²) in [6, 6.07) is 3.58. The highest BCUT2D eigenvalue weighted by molar-refractivity contribution is 5.83. The van der Waals surface area contributed by atoms with Gasteiger partial charge in [-0.25, -0.2) is 4.98 Å². The lowest BCUT2D eigenvalue weighted by Crippen LogP contribution is -2.36. The molecule has 0 bridgehead atoms. The van der Waals surface area contributed by atoms with Crippen LogP contribution in [0.5, 0.6) is 0 Å². The number of carbonyl (C=O) groups excluding carboxylic acids is 1. The molecule has 1 N–H and O–H groups in total. The number of nitrogens with one attached hydrogen (secondary N) is 1. The van der Waals surface area contributed by atoms with Gasteiger partial charge in [0.1, 0.15) is 11.9 Å². The lowest BCUT2D eigenvalue weighted by molar-refractivity contribution is -0.129. The van der Waals surface area contributed by atoms with E-state index in [0.29, 0.717) is 0 Å². The molecular formula is C11H17N3O. The average Bonchev–Trinajstić information content (AvgIpc) is 2.16. The molecule has 4 nitrogen and oxygen atoms in total. The number of nitrogens with zero attached hydrogens (tertiary/aromatic N) is 2. The summed E-state index contributed by atoms with van der Waals surface area (Å²) in [4.78, 5) is 17.3. The SMILES string of the molecule is Cc1ccnc(N[C@@H](C)C(=O)N(C)C)c1. The van der Waals surface area contributed by atoms with E-state index in [4.69, 9.17) is 0 Å². The highest BCUT2D eigenvalue weighted by Crippen LogP contribution is 2.07. The maximum atomic E-state index is 11.6. The van der Waals surface area contributed by atoms with Crippen molar-refractivity contribution in [3.63, 3.8) is 0 Å². The maximum absolute atomic E-state index is 11.6. The highest BCUT2D eigenvalue weighted by atomic mass is 16.2. The molecule has 0 unspecified atom stereocenters. The van der Waals surface area contributed by atoms with Crippen molar-refractivity contribution in [1.82, 2.24) is 9.88 Å². The lowest BCUT2D eigenvalue weighted by Gasteiger charge is -2.18. The van der Waals surface area contributed by atoms with Gasteiger partial charge in [0, 0.05) is 20.3 Å². The first-order chi connectivity index (χ1) is 7.00. The molecule has 0 aliphatic rings. The third-order valence-corrected chi connectivity index (χ3v) is 2.09. The van der Waals surface area contributed by atoms with E-state index in [1.807, 2.05) is 26.0 Å². The zero-order valence-electron chi connectivity index (χ0n) is 9.61. The minimum Gasteiger partial charge on any atom is -0.359 e. The maximum Gasteiger partial charge on any atom is 0.244 e. The fourth-order valence-electron chi connectivity index (χ4n) is 1.29. The Labute approximate surface area is 90.3 Å². The summed E-state index contributed by atoms with van der Waals surface area (Å²) in [5.41, 5.74) is 1.12. The van der Waals surface area contributed by atoms with Gasteiger partial charge < -0.3 is 10.2 Å². The van der Waals surface area contributed by atoms with Gasteiger partial charge >= 0.3 is 0 Å². The van der Waals surface area contributed by atoms with E-state index in [2.05, 4.69) is 10.3 Å². The quantitative estimate of drug-likeness (QED) is 0.812. The molecule has 0 radical (unpaired) electrons. The number of carbonyl (C=O) groups is 1. The van der Waals surface area contributed by atoms with Crippen molar-refractivity contribution in [2.24, 2.45) is 0 Å². The fourth-order valence-corrected chi connectivity index (χ4v) is 1.29. The summed E-state index contributed by atoms with van der Waals surface area (Å²) in [6.07, 6.45) is 1.73. The molecule has 15 heavy (non-hydrogen) atoms. The van der Waals surface area contributed by atoms with Crippen molar-refractivity contribution >= 4 is 11.7 Å². The second-order valence-corrected chi connectivity index (χ2v) is 3.82. The molecule has 0 aromatic carbocycles. The van der Waals surface area contributed by atoms with Crippen molar-refractivity contribution < 1.29 is 4.79 Å². The minimum absolute atomic E-state index is 0.0401. The highest BCUT2D eigenvalue weighted by Gasteiger charge is 2.14. The number of aromatic nitrogens is 1. The normalized spacial score (nSPS) is 12.0. The molecule has 1 aromatic heterocycles. The van der Waals surface area contributed by atoms with Crippen LogP contribution in [0.2, 0.25) is 0 Å². The number of hydrogen-bond donors (Lipinski definition) is 1. The standard InChI is InChI=1S/C11H17N3O/c1-8-5-6-12-10(7-8)13-9(2)11(15)14(3)4/h5-7,9H,1-4H3,(H,12,13)/t9-/m0/s1. The van der Waals surface area contributed by atoms with Crippen LogP contribution >= 0.6 is 0 Å². The van der Waals surface area contributed by atoms with E-state index < -0.39 is 0 Å². The molecule has 0 saturated carbocycles. The van der Waals surface area contributed by atoms with Crippen molar-refractivity contribution in [1.29, 1.82) is 0 Å². The van der Waals surface area contributed by atoms with Gasteiger partial charge in [-0.2, -0.15) is 0 Å². The Hall–Kier alpha value is -1.58. The molecular weight excluding hydrogens is 190 g/mol. The first kappa shape index (κ1) is 11.5. The second-order valence-electron chi connectivity index (χ2n) is 3.82. The number of likely N-dealkylation sites (N-methyl/N-ethyl adjacent to an activating group) is 1. The third-order valence-electron chi connectivity index (χ3n) is 2.09. The van der Waals surface area contributed by atoms with Crippen LogP contribution in [0.1, 0.15) is 12.5 Å². The van der Waals surface area contributed by atoms with Gasteiger partial charge in [0.05, 0.1) is 0 Å². The molecule has 1 amide bonds. The topological polar surface area (TPSA) is 45.2 Å². The largest absolute Gasteiger partial charge is 0.359 e.